The van der Waals surface area contributed by atoms with Crippen molar-refractivity contribution in [2.24, 2.45) is 0 Å². The van der Waals surface area contributed by atoms with Gasteiger partial charge >= 0.3 is 0 Å². The highest BCUT2D eigenvalue weighted by molar-refractivity contribution is 5.94. The minimum Gasteiger partial charge on any atom is -0.383 e. The van der Waals surface area contributed by atoms with Crippen LogP contribution < -0.4 is 10.6 Å². The van der Waals surface area contributed by atoms with Crippen LogP contribution >= 0.6 is 0 Å². The van der Waals surface area contributed by atoms with Gasteiger partial charge in [-0.1, -0.05) is 18.2 Å². The van der Waals surface area contributed by atoms with Gasteiger partial charge in [-0.25, -0.2) is 0 Å². The molecule has 3 rings (SSSR count). The van der Waals surface area contributed by atoms with Crippen molar-refractivity contribution in [1.82, 2.24) is 20.2 Å². The Hall–Kier alpha value is -2.86. The average Bonchev–Trinajstić information content (AvgIpc) is 3.08. The molecule has 0 aliphatic carbocycles. The van der Waals surface area contributed by atoms with Crippen molar-refractivity contribution in [3.05, 3.63) is 60.0 Å². The quantitative estimate of drug-likeness (QED) is 0.510. The summed E-state index contributed by atoms with van der Waals surface area (Å²) in [6.45, 7) is 2.39. The molecule has 0 radical (unpaired) electrons. The summed E-state index contributed by atoms with van der Waals surface area (Å²) in [5, 5.41) is 7.56. The fourth-order valence-corrected chi connectivity index (χ4v) is 3.04. The zero-order valence-corrected chi connectivity index (χ0v) is 16.0. The number of hydrogen-bond acceptors (Lipinski definition) is 4. The molecule has 0 aliphatic heterocycles. The molecule has 0 bridgehead atoms. The van der Waals surface area contributed by atoms with Gasteiger partial charge in [0.25, 0.3) is 5.91 Å². The maximum atomic E-state index is 12.3. The SMILES string of the molecule is CN(C)CCCNC(=O)c1cncc(NCCc2c[nH]c3ccccc23)c1. The number of rotatable bonds is 9. The van der Waals surface area contributed by atoms with Gasteiger partial charge in [0.15, 0.2) is 0 Å². The van der Waals surface area contributed by atoms with E-state index in [9.17, 15) is 4.79 Å². The highest BCUT2D eigenvalue weighted by Crippen LogP contribution is 2.18. The summed E-state index contributed by atoms with van der Waals surface area (Å²) < 4.78 is 0. The van der Waals surface area contributed by atoms with E-state index in [0.717, 1.165) is 37.1 Å². The van der Waals surface area contributed by atoms with Gasteiger partial charge in [-0.3, -0.25) is 9.78 Å². The van der Waals surface area contributed by atoms with Gasteiger partial charge in [0.05, 0.1) is 11.3 Å². The molecule has 2 aromatic heterocycles. The number of anilines is 1. The van der Waals surface area contributed by atoms with Crippen molar-refractivity contribution < 1.29 is 4.79 Å². The number of carbonyl (C=O) groups excluding carboxylic acids is 1. The predicted octanol–water partition coefficient (Wildman–Crippen LogP) is 2.90. The van der Waals surface area contributed by atoms with Crippen molar-refractivity contribution in [1.29, 1.82) is 0 Å². The second kappa shape index (κ2) is 9.19. The average molecular weight is 365 g/mol. The fourth-order valence-electron chi connectivity index (χ4n) is 3.04. The van der Waals surface area contributed by atoms with Crippen LogP contribution in [0.3, 0.4) is 0 Å². The van der Waals surface area contributed by atoms with Gasteiger partial charge in [-0.2, -0.15) is 0 Å². The molecule has 6 nitrogen and oxygen atoms in total. The predicted molar refractivity (Wildman–Crippen MR) is 110 cm³/mol. The molecule has 1 amide bonds. The maximum absolute atomic E-state index is 12.3. The zero-order chi connectivity index (χ0) is 19.1. The fraction of sp³-hybridized carbons (Fsp3) is 0.333. The number of nitrogens with one attached hydrogen (secondary N) is 3. The van der Waals surface area contributed by atoms with Crippen LogP contribution in [0, 0.1) is 0 Å². The monoisotopic (exact) mass is 365 g/mol. The lowest BCUT2D eigenvalue weighted by atomic mass is 10.1. The number of hydrogen-bond donors (Lipinski definition) is 3. The van der Waals surface area contributed by atoms with E-state index >= 15 is 0 Å². The van der Waals surface area contributed by atoms with Gasteiger partial charge < -0.3 is 20.5 Å². The van der Waals surface area contributed by atoms with E-state index in [1.165, 1.54) is 10.9 Å². The molecule has 0 fully saturated rings. The van der Waals surface area contributed by atoms with Crippen LogP contribution in [-0.4, -0.2) is 54.5 Å². The Kier molecular flexibility index (Phi) is 6.44. The number of fused-ring (bicyclic) bond motifs is 1. The minimum atomic E-state index is -0.0819. The van der Waals surface area contributed by atoms with Gasteiger partial charge in [0.2, 0.25) is 0 Å². The van der Waals surface area contributed by atoms with Gasteiger partial charge in [-0.05, 0) is 51.2 Å². The lowest BCUT2D eigenvalue weighted by Gasteiger charge is -2.10. The van der Waals surface area contributed by atoms with E-state index in [1.807, 2.05) is 26.2 Å². The molecule has 0 atom stereocenters. The summed E-state index contributed by atoms with van der Waals surface area (Å²) in [6.07, 6.45) is 7.23. The molecule has 0 saturated carbocycles. The van der Waals surface area contributed by atoms with Crippen LogP contribution in [0.15, 0.2) is 48.9 Å². The first-order valence-electron chi connectivity index (χ1n) is 9.30. The molecule has 0 unspecified atom stereocenters. The molecule has 3 N–H and O–H groups in total. The Morgan fingerprint density at radius 2 is 2.04 bits per heavy atom. The number of aromatic nitrogens is 2. The van der Waals surface area contributed by atoms with E-state index in [1.54, 1.807) is 12.4 Å². The summed E-state index contributed by atoms with van der Waals surface area (Å²) in [4.78, 5) is 21.8. The number of para-hydroxylation sites is 1. The van der Waals surface area contributed by atoms with Crippen LogP contribution in [0.1, 0.15) is 22.3 Å². The first-order chi connectivity index (χ1) is 13.1. The Bertz CT molecular complexity index is 887. The highest BCUT2D eigenvalue weighted by atomic mass is 16.1. The Labute approximate surface area is 160 Å². The van der Waals surface area contributed by atoms with Crippen molar-refractivity contribution >= 4 is 22.5 Å². The molecule has 142 valence electrons. The normalized spacial score (nSPS) is 11.1. The first-order valence-corrected chi connectivity index (χ1v) is 9.30. The van der Waals surface area contributed by atoms with E-state index in [4.69, 9.17) is 0 Å². The zero-order valence-electron chi connectivity index (χ0n) is 16.0. The van der Waals surface area contributed by atoms with E-state index in [-0.39, 0.29) is 5.91 Å². The summed E-state index contributed by atoms with van der Waals surface area (Å²) in [5.41, 5.74) is 3.87. The van der Waals surface area contributed by atoms with Crippen molar-refractivity contribution in [3.8, 4) is 0 Å². The van der Waals surface area contributed by atoms with Crippen LogP contribution in [0.2, 0.25) is 0 Å². The number of carbonyl (C=O) groups is 1. The third-order valence-corrected chi connectivity index (χ3v) is 4.47. The number of pyridine rings is 1. The third kappa shape index (κ3) is 5.31. The lowest BCUT2D eigenvalue weighted by Crippen LogP contribution is -2.27. The highest BCUT2D eigenvalue weighted by Gasteiger charge is 2.07. The maximum Gasteiger partial charge on any atom is 0.252 e. The molecule has 6 heteroatoms. The van der Waals surface area contributed by atoms with E-state index < -0.39 is 0 Å². The minimum absolute atomic E-state index is 0.0819. The molecular weight excluding hydrogens is 338 g/mol. The van der Waals surface area contributed by atoms with Gasteiger partial charge in [0, 0.05) is 42.6 Å². The number of amides is 1. The topological polar surface area (TPSA) is 73.1 Å². The number of H-pyrrole nitrogens is 1. The van der Waals surface area contributed by atoms with Crippen LogP contribution in [-0.2, 0) is 6.42 Å². The molecule has 27 heavy (non-hydrogen) atoms. The third-order valence-electron chi connectivity index (χ3n) is 4.47. The second-order valence-corrected chi connectivity index (χ2v) is 6.91. The van der Waals surface area contributed by atoms with Crippen molar-refractivity contribution in [2.45, 2.75) is 12.8 Å². The van der Waals surface area contributed by atoms with Crippen LogP contribution in [0.4, 0.5) is 5.69 Å². The molecule has 0 aliphatic rings. The Morgan fingerprint density at radius 1 is 1.19 bits per heavy atom. The Morgan fingerprint density at radius 3 is 2.89 bits per heavy atom. The summed E-state index contributed by atoms with van der Waals surface area (Å²) in [6, 6.07) is 10.1. The van der Waals surface area contributed by atoms with Crippen LogP contribution in [0.5, 0.6) is 0 Å². The number of nitrogens with zero attached hydrogens (tertiary/aromatic N) is 2. The summed E-state index contributed by atoms with van der Waals surface area (Å²) in [7, 11) is 4.05. The van der Waals surface area contributed by atoms with E-state index in [0.29, 0.717) is 12.1 Å². The largest absolute Gasteiger partial charge is 0.383 e. The second-order valence-electron chi connectivity index (χ2n) is 6.91. The molecule has 2 heterocycles. The van der Waals surface area contributed by atoms with Gasteiger partial charge in [-0.15, -0.1) is 0 Å². The van der Waals surface area contributed by atoms with Crippen molar-refractivity contribution in [2.75, 3.05) is 39.0 Å². The van der Waals surface area contributed by atoms with Crippen LogP contribution in [0.25, 0.3) is 10.9 Å². The summed E-state index contributed by atoms with van der Waals surface area (Å²) in [5.74, 6) is -0.0819. The molecule has 1 aromatic carbocycles. The summed E-state index contributed by atoms with van der Waals surface area (Å²) >= 11 is 0. The van der Waals surface area contributed by atoms with E-state index in [2.05, 4.69) is 49.9 Å². The van der Waals surface area contributed by atoms with Gasteiger partial charge in [0.1, 0.15) is 0 Å². The first kappa shape index (κ1) is 18.9. The Balaban J connectivity index is 1.51. The molecular formula is C21H27N5O. The lowest BCUT2D eigenvalue weighted by molar-refractivity contribution is 0.0952. The smallest absolute Gasteiger partial charge is 0.252 e. The van der Waals surface area contributed by atoms with Crippen molar-refractivity contribution in [3.63, 3.8) is 0 Å². The number of aromatic amines is 1. The molecule has 0 spiro atoms. The standard InChI is InChI=1S/C21H27N5O/c1-26(2)11-5-9-24-21(27)17-12-18(15-22-13-17)23-10-8-16-14-25-20-7-4-3-6-19(16)20/h3-4,6-7,12-15,23,25H,5,8-11H2,1-2H3,(H,24,27). The molecule has 0 saturated heterocycles. The molecule has 3 aromatic rings. The number of benzene rings is 1.